The number of benzene rings is 9. The highest BCUT2D eigenvalue weighted by Gasteiger charge is 2.27. The third kappa shape index (κ3) is 4.10. The van der Waals surface area contributed by atoms with Gasteiger partial charge in [0.05, 0.1) is 0 Å². The fourth-order valence-corrected chi connectivity index (χ4v) is 12.3. The van der Waals surface area contributed by atoms with E-state index in [1.54, 1.807) is 14.1 Å². The predicted molar refractivity (Wildman–Crippen MR) is 275 cm³/mol. The summed E-state index contributed by atoms with van der Waals surface area (Å²) < 4.78 is 2.44. The summed E-state index contributed by atoms with van der Waals surface area (Å²) in [5.41, 5.74) is 3.07. The molecule has 2 aromatic heterocycles. The summed E-state index contributed by atoms with van der Waals surface area (Å²) in [5, 5.41) is 22.7. The van der Waals surface area contributed by atoms with Gasteiger partial charge in [-0.15, -0.1) is 0 Å². The van der Waals surface area contributed by atoms with Crippen molar-refractivity contribution in [3.8, 4) is 22.3 Å². The second-order valence-corrected chi connectivity index (χ2v) is 18.1. The largest absolute Gasteiger partial charge is 0.277 e. The monoisotopic (exact) mass is 844 g/mol. The van der Waals surface area contributed by atoms with Crippen molar-refractivity contribution in [2.45, 2.75) is 0 Å². The van der Waals surface area contributed by atoms with Crippen LogP contribution >= 0.6 is 0 Å². The lowest BCUT2D eigenvalue weighted by molar-refractivity contribution is 0.841. The van der Waals surface area contributed by atoms with E-state index < -0.39 is 0 Å². The average Bonchev–Trinajstić information content (AvgIpc) is 3.75. The fourth-order valence-electron chi connectivity index (χ4n) is 12.3. The van der Waals surface area contributed by atoms with Crippen molar-refractivity contribution in [3.05, 3.63) is 199 Å². The Kier molecular flexibility index (Phi) is 6.53. The number of hydrogen-bond acceptors (Lipinski definition) is 4. The van der Waals surface area contributed by atoms with Crippen molar-refractivity contribution in [1.29, 1.82) is 0 Å². The van der Waals surface area contributed by atoms with Crippen molar-refractivity contribution in [2.75, 3.05) is 0 Å². The molecule has 2 heterocycles. The Morgan fingerprint density at radius 1 is 0.242 bits per heavy atom. The maximum Gasteiger partial charge on any atom is 0.261 e. The average molecular weight is 845 g/mol. The highest BCUT2D eigenvalue weighted by molar-refractivity contribution is 6.47. The molecule has 0 aliphatic heterocycles. The highest BCUT2D eigenvalue weighted by atomic mass is 16.2. The predicted octanol–water partition coefficient (Wildman–Crippen LogP) is 12.7. The number of pyridine rings is 2. The fraction of sp³-hybridized carbons (Fsp3) is 0.0333. The van der Waals surface area contributed by atoms with Crippen LogP contribution in [0.4, 0.5) is 0 Å². The van der Waals surface area contributed by atoms with Gasteiger partial charge in [0.1, 0.15) is 0 Å². The van der Waals surface area contributed by atoms with Crippen LogP contribution in [0.2, 0.25) is 0 Å². The van der Waals surface area contributed by atoms with Gasteiger partial charge in [0.2, 0.25) is 0 Å². The van der Waals surface area contributed by atoms with Crippen LogP contribution in [0.1, 0.15) is 0 Å². The van der Waals surface area contributed by atoms with Gasteiger partial charge < -0.3 is 0 Å². The maximum absolute atomic E-state index is 13.7. The van der Waals surface area contributed by atoms with Gasteiger partial charge in [0.25, 0.3) is 22.2 Å². The number of hydrogen-bond donors (Lipinski definition) is 0. The van der Waals surface area contributed by atoms with Crippen LogP contribution in [0.5, 0.6) is 0 Å². The summed E-state index contributed by atoms with van der Waals surface area (Å²) in [6.45, 7) is 0. The van der Waals surface area contributed by atoms with Crippen LogP contribution in [0.25, 0.3) is 152 Å². The smallest absolute Gasteiger partial charge is 0.261 e. The second-order valence-electron chi connectivity index (χ2n) is 18.1. The molecule has 0 aliphatic carbocycles. The van der Waals surface area contributed by atoms with Crippen LogP contribution in [0.3, 0.4) is 0 Å². The third-order valence-corrected chi connectivity index (χ3v) is 15.1. The Morgan fingerprint density at radius 2 is 0.515 bits per heavy atom. The Hall–Kier alpha value is -8.74. The van der Waals surface area contributed by atoms with Gasteiger partial charge in [0.15, 0.2) is 0 Å². The van der Waals surface area contributed by atoms with Gasteiger partial charge >= 0.3 is 0 Å². The van der Waals surface area contributed by atoms with Crippen molar-refractivity contribution in [1.82, 2.24) is 9.13 Å². The van der Waals surface area contributed by atoms with Crippen molar-refractivity contribution in [3.63, 3.8) is 0 Å². The summed E-state index contributed by atoms with van der Waals surface area (Å²) >= 11 is 0. The normalized spacial score (nSPS) is 12.6. The first kappa shape index (κ1) is 35.7. The number of rotatable bonds is 2. The lowest BCUT2D eigenvalue weighted by Gasteiger charge is -2.12. The molecule has 66 heavy (non-hydrogen) atoms. The Morgan fingerprint density at radius 3 is 0.879 bits per heavy atom. The first-order valence-corrected chi connectivity index (χ1v) is 22.2. The van der Waals surface area contributed by atoms with Crippen molar-refractivity contribution < 1.29 is 0 Å². The van der Waals surface area contributed by atoms with E-state index in [4.69, 9.17) is 0 Å². The topological polar surface area (TPSA) is 78.1 Å². The molecule has 0 amide bonds. The minimum Gasteiger partial charge on any atom is -0.277 e. The molecule has 0 aliphatic rings. The lowest BCUT2D eigenvalue weighted by Crippen LogP contribution is -2.30. The summed E-state index contributed by atoms with van der Waals surface area (Å²) in [5.74, 6) is 0. The summed E-state index contributed by atoms with van der Waals surface area (Å²) in [7, 11) is 3.12. The Bertz CT molecular complexity index is 4580. The SMILES string of the molecule is Cn1c(=O)c2ccc3c4c(-c5ccccc5)cc5c6cccc7c6c(cc(-c6ccccc6)c6c8ccc9c(=O)n(C)c(=O)c%10ccc(c76)c8c9%10)c6cccc(c65)c4c4ccc(c1=O)c2c34. The van der Waals surface area contributed by atoms with E-state index in [-0.39, 0.29) is 22.2 Å². The standard InChI is InChI=1S/C60H32N2O4/c1-61-57(63)39-23-19-35-49-33-17-9-15-31-46-28-44(30-13-7-4-8-14-30)54-38-22-26-42-56-40(58(64)62(2)60(42)66)24-20-36(52(38)56)50(54)34-18-10-16-32(48(34)46)45(47(31)33)27-43(29-11-5-3-6-12-29)53(49)37-21-25-41(59(61)65)55(39)51(35)37/h3-28H,1-2H3. The van der Waals surface area contributed by atoms with E-state index in [0.29, 0.717) is 21.5 Å². The second kappa shape index (κ2) is 12.1. The molecular weight excluding hydrogens is 813 g/mol. The molecule has 0 radical (unpaired) electrons. The van der Waals surface area contributed by atoms with Crippen LogP contribution in [0.15, 0.2) is 177 Å². The quantitative estimate of drug-likeness (QED) is 0.162. The van der Waals surface area contributed by atoms with Crippen LogP contribution in [-0.4, -0.2) is 9.13 Å². The van der Waals surface area contributed by atoms with Crippen molar-refractivity contribution in [2.24, 2.45) is 14.1 Å². The molecule has 0 saturated heterocycles. The molecule has 13 aromatic carbocycles. The summed E-state index contributed by atoms with van der Waals surface area (Å²) in [6, 6.07) is 55.1. The molecule has 6 heteroatoms. The molecule has 0 saturated carbocycles. The van der Waals surface area contributed by atoms with Gasteiger partial charge in [-0.3, -0.25) is 28.3 Å². The van der Waals surface area contributed by atoms with Crippen molar-refractivity contribution >= 4 is 129 Å². The van der Waals surface area contributed by atoms with Crippen LogP contribution in [0, 0.1) is 0 Å². The van der Waals surface area contributed by atoms with E-state index in [2.05, 4.69) is 121 Å². The first-order valence-electron chi connectivity index (χ1n) is 22.2. The van der Waals surface area contributed by atoms with Crippen LogP contribution in [-0.2, 0) is 14.1 Å². The molecule has 0 N–H and O–H groups in total. The van der Waals surface area contributed by atoms with Crippen LogP contribution < -0.4 is 22.2 Å². The molecule has 0 fully saturated rings. The number of fused-ring (bicyclic) bond motifs is 10. The molecule has 6 nitrogen and oxygen atoms in total. The summed E-state index contributed by atoms with van der Waals surface area (Å²) in [6.07, 6.45) is 0. The highest BCUT2D eigenvalue weighted by Crippen LogP contribution is 2.53. The number of nitrogens with zero attached hydrogens (tertiary/aromatic N) is 2. The molecule has 0 atom stereocenters. The van der Waals surface area contributed by atoms with E-state index >= 15 is 0 Å². The molecule has 306 valence electrons. The van der Waals surface area contributed by atoms with Gasteiger partial charge in [-0.25, -0.2) is 0 Å². The molecular formula is C60H32N2O4. The molecule has 0 bridgehead atoms. The molecule has 0 unspecified atom stereocenters. The zero-order valence-corrected chi connectivity index (χ0v) is 35.5. The van der Waals surface area contributed by atoms with E-state index in [1.165, 1.54) is 9.13 Å². The van der Waals surface area contributed by atoms with Gasteiger partial charge in [0, 0.05) is 46.4 Å². The van der Waals surface area contributed by atoms with Gasteiger partial charge in [-0.05, 0) is 156 Å². The third-order valence-electron chi connectivity index (χ3n) is 15.1. The minimum absolute atomic E-state index is 0.291. The zero-order chi connectivity index (χ0) is 44.0. The lowest BCUT2D eigenvalue weighted by atomic mass is 9.90. The number of aromatic nitrogens is 2. The van der Waals surface area contributed by atoms with E-state index in [9.17, 15) is 19.2 Å². The minimum atomic E-state index is -0.291. The molecule has 0 spiro atoms. The molecule has 15 rings (SSSR count). The van der Waals surface area contributed by atoms with E-state index in [1.807, 2.05) is 36.4 Å². The maximum atomic E-state index is 13.7. The summed E-state index contributed by atoms with van der Waals surface area (Å²) in [4.78, 5) is 54.9. The first-order chi connectivity index (χ1) is 32.3. The molecule has 15 aromatic rings. The van der Waals surface area contributed by atoms with Gasteiger partial charge in [-0.1, -0.05) is 121 Å². The Balaban J connectivity index is 1.24. The van der Waals surface area contributed by atoms with E-state index in [0.717, 1.165) is 130 Å². The Labute approximate surface area is 372 Å². The van der Waals surface area contributed by atoms with Gasteiger partial charge in [-0.2, -0.15) is 0 Å². The zero-order valence-electron chi connectivity index (χ0n) is 35.5.